The second kappa shape index (κ2) is 5.44. The van der Waals surface area contributed by atoms with Crippen LogP contribution < -0.4 is 4.90 Å². The van der Waals surface area contributed by atoms with Gasteiger partial charge in [0.15, 0.2) is 0 Å². The molecule has 0 fully saturated rings. The number of anilines is 1. The van der Waals surface area contributed by atoms with Crippen LogP contribution in [0.25, 0.3) is 0 Å². The molecular weight excluding hydrogens is 250 g/mol. The number of fused-ring (bicyclic) bond motifs is 1. The minimum Gasteiger partial charge on any atom is -0.449 e. The van der Waals surface area contributed by atoms with Gasteiger partial charge < -0.3 is 4.74 Å². The normalized spacial score (nSPS) is 17.4. The van der Waals surface area contributed by atoms with Crippen molar-refractivity contribution in [2.45, 2.75) is 30.5 Å². The number of ether oxygens (including phenoxy) is 1. The van der Waals surface area contributed by atoms with Gasteiger partial charge in [0.25, 0.3) is 0 Å². The maximum absolute atomic E-state index is 12.0. The van der Waals surface area contributed by atoms with Gasteiger partial charge in [-0.15, -0.1) is 0 Å². The topological polar surface area (TPSA) is 46.6 Å². The molecule has 0 aliphatic carbocycles. The number of amides is 1. The number of rotatable bonds is 3. The molecule has 0 radical (unpaired) electrons. The Bertz CT molecular complexity index is 475. The predicted molar refractivity (Wildman–Crippen MR) is 70.9 cm³/mol. The summed E-state index contributed by atoms with van der Waals surface area (Å²) in [6.45, 7) is 3.63. The van der Waals surface area contributed by atoms with Gasteiger partial charge in [-0.05, 0) is 26.0 Å². The number of nitrogens with zero attached hydrogens (tertiary/aromatic N) is 1. The van der Waals surface area contributed by atoms with Crippen molar-refractivity contribution in [2.75, 3.05) is 11.5 Å². The average Bonchev–Trinajstić information content (AvgIpc) is 2.66. The summed E-state index contributed by atoms with van der Waals surface area (Å²) in [5.41, 5.74) is 0.826. The lowest BCUT2D eigenvalue weighted by molar-refractivity contribution is -0.116. The quantitative estimate of drug-likeness (QED) is 0.842. The second-order valence-corrected chi connectivity index (χ2v) is 5.23. The van der Waals surface area contributed by atoms with Crippen LogP contribution in [0.1, 0.15) is 20.3 Å². The van der Waals surface area contributed by atoms with Crippen LogP contribution >= 0.6 is 11.8 Å². The van der Waals surface area contributed by atoms with Gasteiger partial charge in [0, 0.05) is 11.3 Å². The third-order valence-corrected chi connectivity index (χ3v) is 3.85. The first-order valence-electron chi connectivity index (χ1n) is 5.84. The van der Waals surface area contributed by atoms with Gasteiger partial charge >= 0.3 is 6.09 Å². The molecule has 1 aromatic carbocycles. The van der Waals surface area contributed by atoms with E-state index in [1.807, 2.05) is 24.3 Å². The monoisotopic (exact) mass is 265 g/mol. The molecule has 1 amide bonds. The summed E-state index contributed by atoms with van der Waals surface area (Å²) in [5.74, 6) is 0.0644. The number of ketones is 1. The summed E-state index contributed by atoms with van der Waals surface area (Å²) in [4.78, 5) is 25.8. The molecule has 18 heavy (non-hydrogen) atoms. The lowest BCUT2D eigenvalue weighted by atomic mass is 10.2. The molecule has 0 saturated carbocycles. The number of thioether (sulfide) groups is 1. The number of carbonyl (C=O) groups is 2. The molecule has 0 bridgehead atoms. The van der Waals surface area contributed by atoms with E-state index in [-0.39, 0.29) is 17.3 Å². The van der Waals surface area contributed by atoms with Gasteiger partial charge in [0.05, 0.1) is 17.7 Å². The van der Waals surface area contributed by atoms with Crippen LogP contribution in [-0.2, 0) is 9.53 Å². The molecule has 0 spiro atoms. The number of hydrogen-bond acceptors (Lipinski definition) is 4. The van der Waals surface area contributed by atoms with Crippen molar-refractivity contribution in [3.05, 3.63) is 24.3 Å². The van der Waals surface area contributed by atoms with Crippen LogP contribution in [0, 0.1) is 0 Å². The van der Waals surface area contributed by atoms with Gasteiger partial charge in [-0.2, -0.15) is 0 Å². The molecule has 5 heteroatoms. The van der Waals surface area contributed by atoms with E-state index in [0.29, 0.717) is 13.0 Å². The zero-order valence-electron chi connectivity index (χ0n) is 10.4. The van der Waals surface area contributed by atoms with Crippen LogP contribution in [0.3, 0.4) is 0 Å². The molecule has 1 aromatic rings. The van der Waals surface area contributed by atoms with Gasteiger partial charge in [-0.1, -0.05) is 23.9 Å². The number of hydrogen-bond donors (Lipinski definition) is 0. The molecule has 1 unspecified atom stereocenters. The fourth-order valence-corrected chi connectivity index (χ4v) is 3.26. The van der Waals surface area contributed by atoms with Crippen LogP contribution in [0.5, 0.6) is 0 Å². The van der Waals surface area contributed by atoms with E-state index in [1.165, 1.54) is 18.7 Å². The van der Waals surface area contributed by atoms with E-state index in [4.69, 9.17) is 4.74 Å². The van der Waals surface area contributed by atoms with Gasteiger partial charge in [-0.25, -0.2) is 4.79 Å². The Labute approximate surface area is 110 Å². The number of Topliss-reactive ketones (excluding diaryl/α,β-unsaturated/α-hetero) is 1. The number of benzene rings is 1. The number of carbonyl (C=O) groups excluding carboxylic acids is 2. The van der Waals surface area contributed by atoms with Crippen LogP contribution in [0.4, 0.5) is 10.5 Å². The molecule has 0 saturated heterocycles. The highest BCUT2D eigenvalue weighted by Gasteiger charge is 2.35. The van der Waals surface area contributed by atoms with Gasteiger partial charge in [-0.3, -0.25) is 9.69 Å². The Morgan fingerprint density at radius 2 is 2.11 bits per heavy atom. The highest BCUT2D eigenvalue weighted by molar-refractivity contribution is 8.00. The van der Waals surface area contributed by atoms with Crippen molar-refractivity contribution in [3.8, 4) is 0 Å². The van der Waals surface area contributed by atoms with Gasteiger partial charge in [0.2, 0.25) is 0 Å². The maximum Gasteiger partial charge on any atom is 0.415 e. The first kappa shape index (κ1) is 13.0. The Kier molecular flexibility index (Phi) is 3.91. The molecule has 1 aliphatic heterocycles. The Balaban J connectivity index is 2.29. The smallest absolute Gasteiger partial charge is 0.415 e. The molecule has 0 N–H and O–H groups in total. The highest BCUT2D eigenvalue weighted by Crippen LogP contribution is 2.44. The molecule has 1 atom stereocenters. The Morgan fingerprint density at radius 1 is 1.39 bits per heavy atom. The molecule has 0 aromatic heterocycles. The van der Waals surface area contributed by atoms with E-state index in [2.05, 4.69) is 0 Å². The first-order chi connectivity index (χ1) is 8.63. The third kappa shape index (κ3) is 2.51. The summed E-state index contributed by atoms with van der Waals surface area (Å²) in [5, 5.41) is -0.195. The van der Waals surface area contributed by atoms with Crippen molar-refractivity contribution in [2.24, 2.45) is 0 Å². The summed E-state index contributed by atoms with van der Waals surface area (Å²) in [6, 6.07) is 7.62. The van der Waals surface area contributed by atoms with E-state index in [0.717, 1.165) is 10.6 Å². The van der Waals surface area contributed by atoms with E-state index in [1.54, 1.807) is 11.8 Å². The fraction of sp³-hybridized carbons (Fsp3) is 0.385. The Hall–Kier alpha value is -1.49. The molecule has 96 valence electrons. The zero-order valence-corrected chi connectivity index (χ0v) is 11.2. The average molecular weight is 265 g/mol. The first-order valence-corrected chi connectivity index (χ1v) is 6.72. The molecule has 1 aliphatic rings. The molecule has 4 nitrogen and oxygen atoms in total. The lowest BCUT2D eigenvalue weighted by Gasteiger charge is -2.22. The largest absolute Gasteiger partial charge is 0.449 e. The summed E-state index contributed by atoms with van der Waals surface area (Å²) in [7, 11) is 0. The van der Waals surface area contributed by atoms with E-state index >= 15 is 0 Å². The third-order valence-electron chi connectivity index (χ3n) is 2.60. The zero-order chi connectivity index (χ0) is 13.1. The van der Waals surface area contributed by atoms with E-state index in [9.17, 15) is 9.59 Å². The highest BCUT2D eigenvalue weighted by atomic mass is 32.2. The van der Waals surface area contributed by atoms with Crippen molar-refractivity contribution in [3.63, 3.8) is 0 Å². The second-order valence-electron chi connectivity index (χ2n) is 4.02. The van der Waals surface area contributed by atoms with Gasteiger partial charge in [0.1, 0.15) is 5.78 Å². The minimum atomic E-state index is -0.388. The molecular formula is C13H15NO3S. The summed E-state index contributed by atoms with van der Waals surface area (Å²) in [6.07, 6.45) is -0.0563. The van der Waals surface area contributed by atoms with Crippen LogP contribution in [0.15, 0.2) is 29.2 Å². The van der Waals surface area contributed by atoms with Crippen molar-refractivity contribution < 1.29 is 14.3 Å². The lowest BCUT2D eigenvalue weighted by Crippen LogP contribution is -2.37. The molecule has 1 heterocycles. The SMILES string of the molecule is CCOC(=O)N1c2ccccc2SC1CC(C)=O. The predicted octanol–water partition coefficient (Wildman–Crippen LogP) is 3.06. The summed E-state index contributed by atoms with van der Waals surface area (Å²) < 4.78 is 5.06. The van der Waals surface area contributed by atoms with Crippen molar-refractivity contribution >= 4 is 29.3 Å². The van der Waals surface area contributed by atoms with Crippen molar-refractivity contribution in [1.29, 1.82) is 0 Å². The fourth-order valence-electron chi connectivity index (χ4n) is 1.90. The standard InChI is InChI=1S/C13H15NO3S/c1-3-17-13(16)14-10-6-4-5-7-11(10)18-12(14)8-9(2)15/h4-7,12H,3,8H2,1-2H3. The molecule has 2 rings (SSSR count). The van der Waals surface area contributed by atoms with Crippen LogP contribution in [0.2, 0.25) is 0 Å². The Morgan fingerprint density at radius 3 is 2.78 bits per heavy atom. The maximum atomic E-state index is 12.0. The summed E-state index contributed by atoms with van der Waals surface area (Å²) >= 11 is 1.53. The van der Waals surface area contributed by atoms with Crippen LogP contribution in [-0.4, -0.2) is 23.9 Å². The van der Waals surface area contributed by atoms with Crippen molar-refractivity contribution in [1.82, 2.24) is 0 Å². The van der Waals surface area contributed by atoms with E-state index < -0.39 is 0 Å². The number of para-hydroxylation sites is 1. The minimum absolute atomic E-state index is 0.0644.